The fourth-order valence-electron chi connectivity index (χ4n) is 3.89. The van der Waals surface area contributed by atoms with Crippen molar-refractivity contribution in [2.24, 2.45) is 0 Å². The molecule has 1 aliphatic carbocycles. The van der Waals surface area contributed by atoms with E-state index in [1.54, 1.807) is 23.1 Å². The molecule has 0 saturated heterocycles. The van der Waals surface area contributed by atoms with E-state index in [1.807, 2.05) is 24.3 Å². The van der Waals surface area contributed by atoms with Crippen LogP contribution in [0, 0.1) is 5.21 Å². The van der Waals surface area contributed by atoms with Crippen molar-refractivity contribution in [2.45, 2.75) is 18.9 Å². The molecule has 1 aliphatic heterocycles. The predicted molar refractivity (Wildman–Crippen MR) is 120 cm³/mol. The number of pyridine rings is 1. The second-order valence-corrected chi connectivity index (χ2v) is 8.47. The normalized spacial score (nSPS) is 15.5. The average Bonchev–Trinajstić information content (AvgIpc) is 3.61. The van der Waals surface area contributed by atoms with E-state index in [9.17, 15) is 10.0 Å². The second-order valence-electron chi connectivity index (χ2n) is 7.63. The van der Waals surface area contributed by atoms with E-state index in [-0.39, 0.29) is 17.2 Å². The molecule has 2 aliphatic rings. The third-order valence-electron chi connectivity index (χ3n) is 5.52. The van der Waals surface area contributed by atoms with Gasteiger partial charge in [0.25, 0.3) is 5.91 Å². The Balaban J connectivity index is 1.51. The van der Waals surface area contributed by atoms with Gasteiger partial charge in [-0.1, -0.05) is 35.3 Å². The largest absolute Gasteiger partial charge is 0.619 e. The zero-order valence-electron chi connectivity index (χ0n) is 16.5. The van der Waals surface area contributed by atoms with E-state index in [2.05, 4.69) is 4.90 Å². The fourth-order valence-corrected chi connectivity index (χ4v) is 4.21. The first kappa shape index (κ1) is 20.0. The molecule has 0 unspecified atom stereocenters. The van der Waals surface area contributed by atoms with Crippen LogP contribution in [-0.2, 0) is 0 Å². The second kappa shape index (κ2) is 7.94. The molecule has 0 atom stereocenters. The predicted octanol–water partition coefficient (Wildman–Crippen LogP) is 5.05. The molecular weight excluding hydrogens is 437 g/mol. The van der Waals surface area contributed by atoms with Crippen molar-refractivity contribution in [1.29, 1.82) is 0 Å². The van der Waals surface area contributed by atoms with Crippen molar-refractivity contribution >= 4 is 40.5 Å². The van der Waals surface area contributed by atoms with Gasteiger partial charge >= 0.3 is 0 Å². The minimum absolute atomic E-state index is 0.156. The van der Waals surface area contributed by atoms with Crippen LogP contribution in [0.3, 0.4) is 0 Å². The quantitative estimate of drug-likeness (QED) is 0.407. The molecule has 0 bridgehead atoms. The first-order chi connectivity index (χ1) is 15.0. The van der Waals surface area contributed by atoms with Crippen molar-refractivity contribution in [1.82, 2.24) is 0 Å². The van der Waals surface area contributed by atoms with Crippen molar-refractivity contribution < 1.29 is 14.3 Å². The van der Waals surface area contributed by atoms with Crippen molar-refractivity contribution in [2.75, 3.05) is 22.9 Å². The van der Waals surface area contributed by atoms with E-state index in [0.717, 1.165) is 17.9 Å². The van der Waals surface area contributed by atoms with E-state index in [1.165, 1.54) is 31.3 Å². The molecule has 2 heterocycles. The van der Waals surface area contributed by atoms with Gasteiger partial charge in [0.2, 0.25) is 0 Å². The van der Waals surface area contributed by atoms with Crippen molar-refractivity contribution in [3.8, 4) is 11.5 Å². The van der Waals surface area contributed by atoms with Gasteiger partial charge in [-0.2, -0.15) is 4.73 Å². The number of hydrogen-bond donors (Lipinski definition) is 0. The Kier molecular flexibility index (Phi) is 5.12. The number of halogens is 2. The number of para-hydroxylation sites is 2. The standard InChI is InChI=1S/C23H19Cl2N3O3/c24-15-5-8-18(25)22(13-15)31-21-9-10-26(30)14-17(21)23(29)28-12-11-27(16-6-7-16)19-3-1-2-4-20(19)28/h1-5,8-10,13-14,16H,6-7,11-12H2. The molecule has 31 heavy (non-hydrogen) atoms. The van der Waals surface area contributed by atoms with E-state index < -0.39 is 0 Å². The average molecular weight is 456 g/mol. The summed E-state index contributed by atoms with van der Waals surface area (Å²) < 4.78 is 6.51. The van der Waals surface area contributed by atoms with Crippen LogP contribution in [0.2, 0.25) is 10.0 Å². The molecule has 3 aromatic rings. The van der Waals surface area contributed by atoms with Gasteiger partial charge < -0.3 is 19.7 Å². The SMILES string of the molecule is O=C(c1c[n+]([O-])ccc1Oc1cc(Cl)ccc1Cl)N1CCN(C2CC2)c2ccccc21. The van der Waals surface area contributed by atoms with Crippen LogP contribution in [0.5, 0.6) is 11.5 Å². The van der Waals surface area contributed by atoms with Gasteiger partial charge in [0.1, 0.15) is 11.3 Å². The van der Waals surface area contributed by atoms with Crippen LogP contribution in [0.1, 0.15) is 23.2 Å². The van der Waals surface area contributed by atoms with Gasteiger partial charge in [-0.25, -0.2) is 0 Å². The Labute approximate surface area is 189 Å². The van der Waals surface area contributed by atoms with Crippen LogP contribution in [0.15, 0.2) is 60.9 Å². The Bertz CT molecular complexity index is 1170. The zero-order valence-corrected chi connectivity index (χ0v) is 18.0. The number of carbonyl (C=O) groups is 1. The molecule has 0 spiro atoms. The Morgan fingerprint density at radius 1 is 1.03 bits per heavy atom. The zero-order chi connectivity index (χ0) is 21.5. The first-order valence-electron chi connectivity index (χ1n) is 10.0. The summed E-state index contributed by atoms with van der Waals surface area (Å²) in [5.74, 6) is 0.246. The van der Waals surface area contributed by atoms with E-state index in [0.29, 0.717) is 33.1 Å². The van der Waals surface area contributed by atoms with Crippen LogP contribution in [0.4, 0.5) is 11.4 Å². The number of aromatic nitrogens is 1. The molecule has 158 valence electrons. The summed E-state index contributed by atoms with van der Waals surface area (Å²) in [7, 11) is 0. The molecule has 6 nitrogen and oxygen atoms in total. The highest BCUT2D eigenvalue weighted by Crippen LogP contribution is 2.41. The topological polar surface area (TPSA) is 59.7 Å². The molecule has 1 fully saturated rings. The maximum atomic E-state index is 13.6. The molecule has 1 aromatic heterocycles. The van der Waals surface area contributed by atoms with Gasteiger partial charge in [0.15, 0.2) is 18.1 Å². The lowest BCUT2D eigenvalue weighted by molar-refractivity contribution is -0.605. The highest BCUT2D eigenvalue weighted by Gasteiger charge is 2.36. The summed E-state index contributed by atoms with van der Waals surface area (Å²) in [4.78, 5) is 17.7. The summed E-state index contributed by atoms with van der Waals surface area (Å²) in [5, 5.41) is 12.8. The van der Waals surface area contributed by atoms with E-state index in [4.69, 9.17) is 27.9 Å². The molecule has 0 radical (unpaired) electrons. The summed E-state index contributed by atoms with van der Waals surface area (Å²) in [5.41, 5.74) is 2.03. The van der Waals surface area contributed by atoms with Gasteiger partial charge in [-0.05, 0) is 37.1 Å². The summed E-state index contributed by atoms with van der Waals surface area (Å²) in [6.45, 7) is 1.27. The van der Waals surface area contributed by atoms with E-state index >= 15 is 0 Å². The number of amides is 1. The van der Waals surface area contributed by atoms with Gasteiger partial charge in [0, 0.05) is 36.3 Å². The molecule has 5 rings (SSSR count). The minimum atomic E-state index is -0.304. The molecule has 1 saturated carbocycles. The Morgan fingerprint density at radius 3 is 2.58 bits per heavy atom. The lowest BCUT2D eigenvalue weighted by Crippen LogP contribution is -2.45. The third-order valence-corrected chi connectivity index (χ3v) is 6.06. The summed E-state index contributed by atoms with van der Waals surface area (Å²) in [6, 6.07) is 14.7. The number of rotatable bonds is 4. The van der Waals surface area contributed by atoms with Gasteiger partial charge in [-0.3, -0.25) is 4.79 Å². The highest BCUT2D eigenvalue weighted by molar-refractivity contribution is 6.34. The maximum Gasteiger partial charge on any atom is 0.268 e. The van der Waals surface area contributed by atoms with Gasteiger partial charge in [0.05, 0.1) is 16.4 Å². The monoisotopic (exact) mass is 455 g/mol. The Morgan fingerprint density at radius 2 is 1.81 bits per heavy atom. The number of hydrogen-bond acceptors (Lipinski definition) is 4. The van der Waals surface area contributed by atoms with Gasteiger partial charge in [-0.15, -0.1) is 0 Å². The number of fused-ring (bicyclic) bond motifs is 1. The minimum Gasteiger partial charge on any atom is -0.619 e. The van der Waals surface area contributed by atoms with Crippen LogP contribution < -0.4 is 19.3 Å². The number of benzene rings is 2. The lowest BCUT2D eigenvalue weighted by Gasteiger charge is -2.38. The summed E-state index contributed by atoms with van der Waals surface area (Å²) >= 11 is 12.3. The molecule has 1 amide bonds. The molecule has 2 aromatic carbocycles. The third kappa shape index (κ3) is 3.89. The fraction of sp³-hybridized carbons (Fsp3) is 0.217. The van der Waals surface area contributed by atoms with Crippen LogP contribution >= 0.6 is 23.2 Å². The Hall–Kier alpha value is -2.96. The summed E-state index contributed by atoms with van der Waals surface area (Å²) in [6.07, 6.45) is 4.86. The number of anilines is 2. The van der Waals surface area contributed by atoms with Crippen molar-refractivity contribution in [3.63, 3.8) is 0 Å². The number of carbonyl (C=O) groups excluding carboxylic acids is 1. The maximum absolute atomic E-state index is 13.6. The lowest BCUT2D eigenvalue weighted by atomic mass is 10.1. The molecule has 0 N–H and O–H groups in total. The smallest absolute Gasteiger partial charge is 0.268 e. The number of ether oxygens (including phenoxy) is 1. The number of nitrogens with zero attached hydrogens (tertiary/aromatic N) is 3. The van der Waals surface area contributed by atoms with Crippen molar-refractivity contribution in [3.05, 3.63) is 81.7 Å². The first-order valence-corrected chi connectivity index (χ1v) is 10.8. The van der Waals surface area contributed by atoms with Crippen LogP contribution in [-0.4, -0.2) is 25.0 Å². The molecule has 8 heteroatoms. The molecular formula is C23H19Cl2N3O3. The van der Waals surface area contributed by atoms with Crippen LogP contribution in [0.25, 0.3) is 0 Å². The highest BCUT2D eigenvalue weighted by atomic mass is 35.5.